The summed E-state index contributed by atoms with van der Waals surface area (Å²) in [5, 5.41) is 7.73. The first-order valence-corrected chi connectivity index (χ1v) is 9.65. The minimum absolute atomic E-state index is 0.267. The number of hydrogen-bond donors (Lipinski definition) is 1. The molecule has 128 valence electrons. The summed E-state index contributed by atoms with van der Waals surface area (Å²) >= 11 is 0. The Bertz CT molecular complexity index is 383. The summed E-state index contributed by atoms with van der Waals surface area (Å²) in [5.74, 6) is 0. The van der Waals surface area contributed by atoms with Crippen LogP contribution in [0.5, 0.6) is 0 Å². The van der Waals surface area contributed by atoms with Crippen LogP contribution in [-0.2, 0) is 5.41 Å². The number of rotatable bonds is 13. The van der Waals surface area contributed by atoms with Gasteiger partial charge in [0.25, 0.3) is 0 Å². The van der Waals surface area contributed by atoms with Crippen molar-refractivity contribution in [2.45, 2.75) is 110 Å². The van der Waals surface area contributed by atoms with Crippen molar-refractivity contribution in [3.05, 3.63) is 17.5 Å². The second kappa shape index (κ2) is 10.9. The van der Waals surface area contributed by atoms with Gasteiger partial charge in [-0.3, -0.25) is 5.10 Å². The summed E-state index contributed by atoms with van der Waals surface area (Å²) in [4.78, 5) is 0. The molecule has 1 heterocycles. The highest BCUT2D eigenvalue weighted by Gasteiger charge is 2.28. The zero-order chi connectivity index (χ0) is 16.3. The van der Waals surface area contributed by atoms with Gasteiger partial charge in [0.05, 0.1) is 5.69 Å². The Morgan fingerprint density at radius 3 is 1.86 bits per heavy atom. The van der Waals surface area contributed by atoms with Gasteiger partial charge in [-0.2, -0.15) is 5.10 Å². The molecule has 1 aromatic heterocycles. The molecule has 1 N–H and O–H groups in total. The first kappa shape index (κ1) is 19.3. The Morgan fingerprint density at radius 1 is 0.864 bits per heavy atom. The largest absolute Gasteiger partial charge is 0.283 e. The molecule has 0 saturated heterocycles. The van der Waals surface area contributed by atoms with E-state index in [0.717, 1.165) is 0 Å². The van der Waals surface area contributed by atoms with E-state index in [9.17, 15) is 0 Å². The lowest BCUT2D eigenvalue weighted by Crippen LogP contribution is -2.22. The predicted molar refractivity (Wildman–Crippen MR) is 97.4 cm³/mol. The number of aromatic nitrogens is 2. The first-order chi connectivity index (χ1) is 10.6. The van der Waals surface area contributed by atoms with E-state index in [4.69, 9.17) is 0 Å². The second-order valence-corrected chi connectivity index (χ2v) is 7.33. The number of nitrogens with zero attached hydrogens (tertiary/aromatic N) is 1. The normalized spacial score (nSPS) is 14.2. The Hall–Kier alpha value is -0.790. The SMILES string of the molecule is CCCCCCCCC(C)(CCCCCC)c1cc(C)[nH]n1. The summed E-state index contributed by atoms with van der Waals surface area (Å²) in [6.45, 7) is 9.11. The van der Waals surface area contributed by atoms with Gasteiger partial charge in [0.1, 0.15) is 0 Å². The van der Waals surface area contributed by atoms with Crippen molar-refractivity contribution in [3.63, 3.8) is 0 Å². The molecule has 0 spiro atoms. The zero-order valence-electron chi connectivity index (χ0n) is 15.5. The molecule has 1 aromatic rings. The average molecular weight is 307 g/mol. The molecule has 0 aromatic carbocycles. The van der Waals surface area contributed by atoms with Crippen molar-refractivity contribution in [1.29, 1.82) is 0 Å². The summed E-state index contributed by atoms with van der Waals surface area (Å²) in [6.07, 6.45) is 16.2. The Morgan fingerprint density at radius 2 is 1.36 bits per heavy atom. The van der Waals surface area contributed by atoms with Crippen LogP contribution in [0, 0.1) is 6.92 Å². The van der Waals surface area contributed by atoms with Crippen LogP contribution in [0.3, 0.4) is 0 Å². The van der Waals surface area contributed by atoms with Gasteiger partial charge >= 0.3 is 0 Å². The van der Waals surface area contributed by atoms with Crippen LogP contribution in [-0.4, -0.2) is 10.2 Å². The monoisotopic (exact) mass is 306 g/mol. The van der Waals surface area contributed by atoms with Gasteiger partial charge in [0, 0.05) is 11.1 Å². The van der Waals surface area contributed by atoms with Gasteiger partial charge in [-0.15, -0.1) is 0 Å². The van der Waals surface area contributed by atoms with Crippen molar-refractivity contribution in [1.82, 2.24) is 10.2 Å². The Balaban J connectivity index is 2.47. The van der Waals surface area contributed by atoms with Gasteiger partial charge in [0.2, 0.25) is 0 Å². The number of unbranched alkanes of at least 4 members (excludes halogenated alkanes) is 8. The Kier molecular flexibility index (Phi) is 9.50. The zero-order valence-corrected chi connectivity index (χ0v) is 15.5. The molecule has 1 rings (SSSR count). The van der Waals surface area contributed by atoms with Gasteiger partial charge < -0.3 is 0 Å². The standard InChI is InChI=1S/C20H38N2/c1-5-7-9-11-12-14-16-20(4,15-13-10-8-6-2)19-17-18(3)21-22-19/h17H,5-16H2,1-4H3,(H,21,22). The average Bonchev–Trinajstić information content (AvgIpc) is 2.95. The van der Waals surface area contributed by atoms with E-state index in [0.29, 0.717) is 0 Å². The van der Waals surface area contributed by atoms with E-state index in [2.05, 4.69) is 44.0 Å². The maximum absolute atomic E-state index is 4.59. The van der Waals surface area contributed by atoms with Gasteiger partial charge in [0.15, 0.2) is 0 Å². The van der Waals surface area contributed by atoms with Gasteiger partial charge in [-0.25, -0.2) is 0 Å². The van der Waals surface area contributed by atoms with Crippen LogP contribution in [0.2, 0.25) is 0 Å². The molecule has 0 aliphatic heterocycles. The Labute approximate surface area is 138 Å². The molecule has 1 atom stereocenters. The molecule has 0 saturated carbocycles. The highest BCUT2D eigenvalue weighted by atomic mass is 15.1. The molecule has 0 aliphatic carbocycles. The molecule has 0 aliphatic rings. The summed E-state index contributed by atoms with van der Waals surface area (Å²) < 4.78 is 0. The lowest BCUT2D eigenvalue weighted by atomic mass is 9.77. The van der Waals surface area contributed by atoms with Crippen molar-refractivity contribution in [2.24, 2.45) is 0 Å². The van der Waals surface area contributed by atoms with Crippen molar-refractivity contribution < 1.29 is 0 Å². The molecular weight excluding hydrogens is 268 g/mol. The van der Waals surface area contributed by atoms with Crippen LogP contribution in [0.1, 0.15) is 109 Å². The van der Waals surface area contributed by atoms with Gasteiger partial charge in [-0.1, -0.05) is 85.0 Å². The third-order valence-corrected chi connectivity index (χ3v) is 4.99. The molecule has 1 unspecified atom stereocenters. The van der Waals surface area contributed by atoms with Crippen LogP contribution >= 0.6 is 0 Å². The van der Waals surface area contributed by atoms with Crippen LogP contribution < -0.4 is 0 Å². The van der Waals surface area contributed by atoms with Gasteiger partial charge in [-0.05, 0) is 25.8 Å². The maximum Gasteiger partial charge on any atom is 0.0683 e. The fourth-order valence-electron chi connectivity index (χ4n) is 3.35. The van der Waals surface area contributed by atoms with Crippen molar-refractivity contribution in [2.75, 3.05) is 0 Å². The number of nitrogens with one attached hydrogen (secondary N) is 1. The number of aromatic amines is 1. The molecule has 0 amide bonds. The fraction of sp³-hybridized carbons (Fsp3) is 0.850. The third-order valence-electron chi connectivity index (χ3n) is 4.99. The van der Waals surface area contributed by atoms with Crippen molar-refractivity contribution in [3.8, 4) is 0 Å². The number of hydrogen-bond acceptors (Lipinski definition) is 1. The van der Waals surface area contributed by atoms with E-state index in [1.165, 1.54) is 88.4 Å². The molecule has 2 nitrogen and oxygen atoms in total. The molecule has 22 heavy (non-hydrogen) atoms. The van der Waals surface area contributed by atoms with Crippen molar-refractivity contribution >= 4 is 0 Å². The fourth-order valence-corrected chi connectivity index (χ4v) is 3.35. The highest BCUT2D eigenvalue weighted by molar-refractivity contribution is 5.17. The molecule has 0 bridgehead atoms. The third kappa shape index (κ3) is 6.98. The molecule has 0 fully saturated rings. The quantitative estimate of drug-likeness (QED) is 0.404. The van der Waals surface area contributed by atoms with E-state index >= 15 is 0 Å². The first-order valence-electron chi connectivity index (χ1n) is 9.65. The summed E-state index contributed by atoms with van der Waals surface area (Å²) in [5.41, 5.74) is 2.75. The predicted octanol–water partition coefficient (Wildman–Crippen LogP) is 6.70. The van der Waals surface area contributed by atoms with E-state index in [1.807, 2.05) is 0 Å². The molecule has 0 radical (unpaired) electrons. The minimum atomic E-state index is 0.267. The maximum atomic E-state index is 4.59. The van der Waals surface area contributed by atoms with E-state index in [1.54, 1.807) is 0 Å². The lowest BCUT2D eigenvalue weighted by Gasteiger charge is -2.28. The van der Waals surface area contributed by atoms with Crippen LogP contribution in [0.4, 0.5) is 0 Å². The molecular formula is C20H38N2. The topological polar surface area (TPSA) is 28.7 Å². The van der Waals surface area contributed by atoms with E-state index in [-0.39, 0.29) is 5.41 Å². The summed E-state index contributed by atoms with van der Waals surface area (Å²) in [7, 11) is 0. The molecule has 2 heteroatoms. The lowest BCUT2D eigenvalue weighted by molar-refractivity contribution is 0.354. The van der Waals surface area contributed by atoms with E-state index < -0.39 is 0 Å². The smallest absolute Gasteiger partial charge is 0.0683 e. The number of aryl methyl sites for hydroxylation is 1. The summed E-state index contributed by atoms with van der Waals surface area (Å²) in [6, 6.07) is 2.26. The van der Waals surface area contributed by atoms with Crippen LogP contribution in [0.15, 0.2) is 6.07 Å². The number of H-pyrrole nitrogens is 1. The highest BCUT2D eigenvalue weighted by Crippen LogP contribution is 2.34. The second-order valence-electron chi connectivity index (χ2n) is 7.33. The van der Waals surface area contributed by atoms with Crippen LogP contribution in [0.25, 0.3) is 0 Å². The minimum Gasteiger partial charge on any atom is -0.283 e.